The fourth-order valence-electron chi connectivity index (χ4n) is 8.47. The van der Waals surface area contributed by atoms with Crippen LogP contribution in [0.3, 0.4) is 0 Å². The Bertz CT molecular complexity index is 2550. The lowest BCUT2D eigenvalue weighted by Crippen LogP contribution is -2.51. The minimum absolute atomic E-state index is 0.00999. The second-order valence-corrected chi connectivity index (χ2v) is 21.9. The largest absolute Gasteiger partial charge is 0.480 e. The number of carbonyl (C=O) groups is 10. The highest BCUT2D eigenvalue weighted by Crippen LogP contribution is 2.22. The number of carboxylic acid groups (broad SMARTS) is 1. The topological polar surface area (TPSA) is 310 Å². The highest BCUT2D eigenvalue weighted by Gasteiger charge is 2.33. The molecule has 456 valence electrons. The summed E-state index contributed by atoms with van der Waals surface area (Å²) in [6, 6.07) is 13.1. The first-order valence-corrected chi connectivity index (χ1v) is 28.2. The first-order chi connectivity index (χ1) is 39.4. The number of carboxylic acids is 1. The van der Waals surface area contributed by atoms with Gasteiger partial charge in [0.1, 0.15) is 18.7 Å². The van der Waals surface area contributed by atoms with Gasteiger partial charge in [-0.15, -0.1) is 0 Å². The minimum atomic E-state index is -1.12. The summed E-state index contributed by atoms with van der Waals surface area (Å²) < 4.78 is 22.7. The molecule has 0 radical (unpaired) electrons. The van der Waals surface area contributed by atoms with Crippen molar-refractivity contribution in [2.45, 2.75) is 119 Å². The summed E-state index contributed by atoms with van der Waals surface area (Å²) in [5, 5.41) is 25.1. The highest BCUT2D eigenvalue weighted by atomic mass is 16.6. The van der Waals surface area contributed by atoms with E-state index in [1.54, 1.807) is 62.9 Å². The Labute approximate surface area is 486 Å². The molecular formula is C59H85N9O15. The average molecular weight is 1160 g/mol. The Morgan fingerprint density at radius 3 is 1.98 bits per heavy atom. The number of allylic oxidation sites excluding steroid dienone is 1. The number of carbonyl (C=O) groups excluding carboxylic acids is 9. The van der Waals surface area contributed by atoms with Crippen LogP contribution >= 0.6 is 0 Å². The standard InChI is InChI=1S/C59H85N9O15/c1-39(2)33-47(56(76)77)64-57(78)59(7,8)38-62-50(71)34-60-48(69)12-10-9-11-41(5)83-42(6)45-17-13-43(14-18-45)36-66-24-26-67(27-25-66)58(79)82-37-44-15-19-46(20-16-44)63-51(72)35-61-55(75)54(40(3)4)65-49(70)23-29-80-31-32-81-30-28-68-52(73)21-22-53(68)74/h10,12-22,39-42,47,54H,9,11,23-38H2,1-8H3,(H,60,69)(H,61,75)(H,62,71)(H,63,72)(H,64,78)(H,65,70)(H,76,77)/b12-10+/t41-,42-,47-,54?/m0/s1. The molecule has 4 rings (SSSR count). The number of imide groups is 1. The zero-order valence-corrected chi connectivity index (χ0v) is 49.1. The summed E-state index contributed by atoms with van der Waals surface area (Å²) in [5.41, 5.74) is 2.26. The van der Waals surface area contributed by atoms with Crippen molar-refractivity contribution in [1.29, 1.82) is 0 Å². The molecule has 0 saturated carbocycles. The molecule has 1 fully saturated rings. The third kappa shape index (κ3) is 25.2. The molecule has 83 heavy (non-hydrogen) atoms. The quantitative estimate of drug-likeness (QED) is 0.0296. The maximum Gasteiger partial charge on any atom is 0.410 e. The Balaban J connectivity index is 1.04. The van der Waals surface area contributed by atoms with Gasteiger partial charge in [0.2, 0.25) is 35.4 Å². The first-order valence-electron chi connectivity index (χ1n) is 28.2. The van der Waals surface area contributed by atoms with E-state index in [0.29, 0.717) is 51.3 Å². The van der Waals surface area contributed by atoms with Gasteiger partial charge in [0.05, 0.1) is 63.7 Å². The smallest absolute Gasteiger partial charge is 0.410 e. The number of hydrogen-bond donors (Lipinski definition) is 7. The molecule has 9 amide bonds. The number of rotatable bonds is 35. The zero-order chi connectivity index (χ0) is 61.1. The Kier molecular flexibility index (Phi) is 28.5. The van der Waals surface area contributed by atoms with E-state index >= 15 is 0 Å². The van der Waals surface area contributed by atoms with E-state index in [9.17, 15) is 53.1 Å². The lowest BCUT2D eigenvalue weighted by molar-refractivity contribution is -0.144. The molecule has 0 aromatic heterocycles. The second kappa shape index (κ2) is 34.8. The van der Waals surface area contributed by atoms with Gasteiger partial charge in [-0.2, -0.15) is 0 Å². The number of benzene rings is 2. The van der Waals surface area contributed by atoms with Gasteiger partial charge in [-0.25, -0.2) is 9.59 Å². The summed E-state index contributed by atoms with van der Waals surface area (Å²) in [7, 11) is 0. The molecule has 7 N–H and O–H groups in total. The van der Waals surface area contributed by atoms with Crippen LogP contribution in [0, 0.1) is 17.3 Å². The van der Waals surface area contributed by atoms with Crippen molar-refractivity contribution in [3.63, 3.8) is 0 Å². The van der Waals surface area contributed by atoms with Crippen molar-refractivity contribution in [2.24, 2.45) is 17.3 Å². The van der Waals surface area contributed by atoms with Crippen LogP contribution in [-0.2, 0) is 75.2 Å². The van der Waals surface area contributed by atoms with Crippen molar-refractivity contribution < 1.29 is 72.0 Å². The van der Waals surface area contributed by atoms with Gasteiger partial charge in [-0.1, -0.05) is 70.2 Å². The van der Waals surface area contributed by atoms with E-state index < -0.39 is 65.0 Å². The third-order valence-electron chi connectivity index (χ3n) is 13.5. The molecule has 24 nitrogen and oxygen atoms in total. The fraction of sp³-hybridized carbons (Fsp3) is 0.559. The third-order valence-corrected chi connectivity index (χ3v) is 13.5. The fourth-order valence-corrected chi connectivity index (χ4v) is 8.47. The van der Waals surface area contributed by atoms with E-state index in [2.05, 4.69) is 48.9 Å². The normalized spacial score (nSPS) is 15.2. The SMILES string of the molecule is CC(C)C[C@H](NC(=O)C(C)(C)CNC(=O)CNC(=O)/C=C/CC[C@H](C)O[C@@H](C)c1ccc(CN2CCN(C(=O)OCc3ccc(NC(=O)CNC(=O)C(NC(=O)CCOCCOCCN4C(=O)C=CC4=O)C(C)C)cc3)CC2)cc1)C(=O)O. The van der Waals surface area contributed by atoms with Gasteiger partial charge < -0.3 is 60.9 Å². The molecule has 2 aromatic rings. The molecular weight excluding hydrogens is 1070 g/mol. The van der Waals surface area contributed by atoms with Crippen LogP contribution in [-0.4, -0.2) is 176 Å². The van der Waals surface area contributed by atoms with Gasteiger partial charge in [0.25, 0.3) is 11.8 Å². The molecule has 2 aromatic carbocycles. The number of piperazine rings is 1. The van der Waals surface area contributed by atoms with E-state index in [1.165, 1.54) is 18.2 Å². The van der Waals surface area contributed by atoms with E-state index in [4.69, 9.17) is 18.9 Å². The van der Waals surface area contributed by atoms with E-state index in [-0.39, 0.29) is 108 Å². The number of nitrogens with zero attached hydrogens (tertiary/aromatic N) is 3. The van der Waals surface area contributed by atoms with Crippen molar-refractivity contribution >= 4 is 65.0 Å². The minimum Gasteiger partial charge on any atom is -0.480 e. The predicted octanol–water partition coefficient (Wildman–Crippen LogP) is 3.36. The molecule has 4 atom stereocenters. The number of ether oxygens (including phenoxy) is 4. The molecule has 1 saturated heterocycles. The van der Waals surface area contributed by atoms with E-state index in [1.807, 2.05) is 39.8 Å². The van der Waals surface area contributed by atoms with Crippen molar-refractivity contribution in [1.82, 2.24) is 41.3 Å². The number of amides is 9. The van der Waals surface area contributed by atoms with E-state index in [0.717, 1.165) is 21.6 Å². The average Bonchev–Trinajstić information content (AvgIpc) is 3.89. The summed E-state index contributed by atoms with van der Waals surface area (Å²) in [6.07, 6.45) is 6.29. The zero-order valence-electron chi connectivity index (χ0n) is 49.1. The van der Waals surface area contributed by atoms with Crippen molar-refractivity contribution in [3.05, 3.63) is 89.5 Å². The van der Waals surface area contributed by atoms with Gasteiger partial charge in [-0.3, -0.25) is 48.2 Å². The predicted molar refractivity (Wildman–Crippen MR) is 307 cm³/mol. The molecule has 2 aliphatic rings. The monoisotopic (exact) mass is 1160 g/mol. The summed E-state index contributed by atoms with van der Waals surface area (Å²) in [4.78, 5) is 128. The number of anilines is 1. The van der Waals surface area contributed by atoms with Crippen LogP contribution in [0.1, 0.15) is 104 Å². The molecule has 2 heterocycles. The maximum absolute atomic E-state index is 13.0. The van der Waals surface area contributed by atoms with Crippen LogP contribution in [0.15, 0.2) is 72.8 Å². The van der Waals surface area contributed by atoms with Crippen molar-refractivity contribution in [3.8, 4) is 0 Å². The summed E-state index contributed by atoms with van der Waals surface area (Å²) in [6.45, 7) is 17.6. The van der Waals surface area contributed by atoms with Gasteiger partial charge in [0.15, 0.2) is 0 Å². The van der Waals surface area contributed by atoms with Gasteiger partial charge in [-0.05, 0) is 93.7 Å². The molecule has 2 aliphatic heterocycles. The molecule has 0 bridgehead atoms. The Morgan fingerprint density at radius 1 is 0.723 bits per heavy atom. The van der Waals surface area contributed by atoms with Crippen LogP contribution < -0.4 is 31.9 Å². The van der Waals surface area contributed by atoms with Crippen molar-refractivity contribution in [2.75, 3.05) is 84.1 Å². The lowest BCUT2D eigenvalue weighted by Gasteiger charge is -2.34. The number of aliphatic carboxylic acids is 1. The maximum atomic E-state index is 13.0. The lowest BCUT2D eigenvalue weighted by atomic mass is 9.91. The summed E-state index contributed by atoms with van der Waals surface area (Å²) in [5.74, 6) is -4.92. The van der Waals surface area contributed by atoms with Crippen LogP contribution in [0.2, 0.25) is 0 Å². The summed E-state index contributed by atoms with van der Waals surface area (Å²) >= 11 is 0. The molecule has 24 heteroatoms. The first kappa shape index (κ1) is 68.0. The second-order valence-electron chi connectivity index (χ2n) is 21.9. The molecule has 0 spiro atoms. The Morgan fingerprint density at radius 2 is 1.35 bits per heavy atom. The van der Waals surface area contributed by atoms with Gasteiger partial charge >= 0.3 is 12.1 Å². The Hall–Kier alpha value is -7.54. The van der Waals surface area contributed by atoms with Crippen LogP contribution in [0.5, 0.6) is 0 Å². The van der Waals surface area contributed by atoms with Gasteiger partial charge in [0, 0.05) is 63.5 Å². The highest BCUT2D eigenvalue weighted by molar-refractivity contribution is 6.12. The van der Waals surface area contributed by atoms with Crippen LogP contribution in [0.25, 0.3) is 0 Å². The van der Waals surface area contributed by atoms with Crippen LogP contribution in [0.4, 0.5) is 10.5 Å². The number of nitrogens with one attached hydrogen (secondary N) is 6. The molecule has 1 unspecified atom stereocenters. The molecule has 0 aliphatic carbocycles. The number of hydrogen-bond acceptors (Lipinski definition) is 15.